The lowest BCUT2D eigenvalue weighted by Gasteiger charge is -2.25. The molecule has 180 valence electrons. The SMILES string of the molecule is Cc1cc(C)c(C(=O)P(=O)(c2ccccc2)c2ccccc2)c(C)c1C(=O)CC1NCCNC1=O. The first-order chi connectivity index (χ1) is 16.7. The number of ketones is 1. The number of carbonyl (C=O) groups is 3. The van der Waals surface area contributed by atoms with E-state index in [4.69, 9.17) is 0 Å². The summed E-state index contributed by atoms with van der Waals surface area (Å²) < 4.78 is 14.6. The Labute approximate surface area is 205 Å². The molecule has 0 aromatic heterocycles. The number of piperazine rings is 1. The van der Waals surface area contributed by atoms with Crippen LogP contribution in [0.5, 0.6) is 0 Å². The Morgan fingerprint density at radius 1 is 0.857 bits per heavy atom. The third kappa shape index (κ3) is 4.64. The topological polar surface area (TPSA) is 92.3 Å². The van der Waals surface area contributed by atoms with Crippen molar-refractivity contribution in [2.24, 2.45) is 0 Å². The van der Waals surface area contributed by atoms with Crippen molar-refractivity contribution in [3.05, 3.63) is 94.5 Å². The van der Waals surface area contributed by atoms with Crippen LogP contribution in [0.1, 0.15) is 43.8 Å². The summed E-state index contributed by atoms with van der Waals surface area (Å²) in [6.07, 6.45) is -0.0146. The molecule has 3 aromatic rings. The van der Waals surface area contributed by atoms with Gasteiger partial charge in [-0.05, 0) is 37.5 Å². The smallest absolute Gasteiger partial charge is 0.237 e. The van der Waals surface area contributed by atoms with E-state index in [1.54, 1.807) is 68.4 Å². The fourth-order valence-corrected chi connectivity index (χ4v) is 7.47. The number of rotatable bonds is 7. The summed E-state index contributed by atoms with van der Waals surface area (Å²) >= 11 is 0. The second kappa shape index (κ2) is 10.1. The summed E-state index contributed by atoms with van der Waals surface area (Å²) in [4.78, 5) is 39.8. The van der Waals surface area contributed by atoms with E-state index in [1.165, 1.54) is 0 Å². The molecule has 1 heterocycles. The maximum Gasteiger partial charge on any atom is 0.237 e. The number of nitrogens with one attached hydrogen (secondary N) is 2. The second-order valence-corrected chi connectivity index (χ2v) is 11.6. The minimum atomic E-state index is -3.73. The van der Waals surface area contributed by atoms with Gasteiger partial charge in [0.1, 0.15) is 0 Å². The number of hydrogen-bond donors (Lipinski definition) is 2. The second-order valence-electron chi connectivity index (χ2n) is 8.90. The molecule has 1 saturated heterocycles. The minimum Gasteiger partial charge on any atom is -0.353 e. The van der Waals surface area contributed by atoms with Crippen molar-refractivity contribution < 1.29 is 18.9 Å². The summed E-state index contributed by atoms with van der Waals surface area (Å²) in [5.41, 5.74) is 2.12. The predicted octanol–water partition coefficient (Wildman–Crippen LogP) is 3.43. The quantitative estimate of drug-likeness (QED) is 0.393. The van der Waals surface area contributed by atoms with E-state index in [-0.39, 0.29) is 18.1 Å². The molecule has 1 fully saturated rings. The number of Topliss-reactive ketones (excluding diaryl/α,β-unsaturated/α-hetero) is 1. The van der Waals surface area contributed by atoms with E-state index >= 15 is 0 Å². The molecule has 0 bridgehead atoms. The van der Waals surface area contributed by atoms with Gasteiger partial charge >= 0.3 is 0 Å². The van der Waals surface area contributed by atoms with Gasteiger partial charge < -0.3 is 15.2 Å². The van der Waals surface area contributed by atoms with Crippen molar-refractivity contribution in [2.45, 2.75) is 33.2 Å². The fourth-order valence-electron chi connectivity index (χ4n) is 4.86. The van der Waals surface area contributed by atoms with Crippen molar-refractivity contribution in [1.29, 1.82) is 0 Å². The zero-order valence-electron chi connectivity index (χ0n) is 20.1. The lowest BCUT2D eigenvalue weighted by Crippen LogP contribution is -2.53. The highest BCUT2D eigenvalue weighted by Gasteiger charge is 2.39. The summed E-state index contributed by atoms with van der Waals surface area (Å²) in [5.74, 6) is -0.432. The van der Waals surface area contributed by atoms with E-state index in [0.29, 0.717) is 46.0 Å². The average molecular weight is 489 g/mol. The van der Waals surface area contributed by atoms with Crippen LogP contribution in [0.25, 0.3) is 0 Å². The van der Waals surface area contributed by atoms with Crippen LogP contribution in [-0.4, -0.2) is 36.3 Å². The maximum atomic E-state index is 14.6. The van der Waals surface area contributed by atoms with Gasteiger partial charge in [-0.15, -0.1) is 0 Å². The molecule has 1 aliphatic rings. The summed E-state index contributed by atoms with van der Waals surface area (Å²) in [7, 11) is -3.73. The highest BCUT2D eigenvalue weighted by Crippen LogP contribution is 2.48. The molecule has 7 heteroatoms. The molecule has 6 nitrogen and oxygen atoms in total. The van der Waals surface area contributed by atoms with Gasteiger partial charge in [-0.3, -0.25) is 14.4 Å². The highest BCUT2D eigenvalue weighted by atomic mass is 31.2. The predicted molar refractivity (Wildman–Crippen MR) is 138 cm³/mol. The lowest BCUT2D eigenvalue weighted by atomic mass is 9.89. The Morgan fingerprint density at radius 3 is 1.94 bits per heavy atom. The normalized spacial score (nSPS) is 16.0. The number of carbonyl (C=O) groups excluding carboxylic acids is 3. The van der Waals surface area contributed by atoms with Crippen LogP contribution in [0.15, 0.2) is 66.7 Å². The third-order valence-electron chi connectivity index (χ3n) is 6.51. The van der Waals surface area contributed by atoms with E-state index in [0.717, 1.165) is 5.56 Å². The van der Waals surface area contributed by atoms with Crippen molar-refractivity contribution in [3.63, 3.8) is 0 Å². The largest absolute Gasteiger partial charge is 0.353 e. The van der Waals surface area contributed by atoms with Crippen molar-refractivity contribution in [2.75, 3.05) is 13.1 Å². The average Bonchev–Trinajstić information content (AvgIpc) is 2.85. The first-order valence-corrected chi connectivity index (χ1v) is 13.4. The molecule has 4 rings (SSSR count). The summed E-state index contributed by atoms with van der Waals surface area (Å²) in [6.45, 7) is 6.48. The molecule has 3 aromatic carbocycles. The number of amides is 1. The van der Waals surface area contributed by atoms with Crippen LogP contribution >= 0.6 is 7.14 Å². The summed E-state index contributed by atoms with van der Waals surface area (Å²) in [5, 5.41) is 6.75. The van der Waals surface area contributed by atoms with Crippen molar-refractivity contribution in [1.82, 2.24) is 10.6 Å². The van der Waals surface area contributed by atoms with Crippen LogP contribution in [0.2, 0.25) is 0 Å². The van der Waals surface area contributed by atoms with Gasteiger partial charge in [-0.2, -0.15) is 0 Å². The number of aryl methyl sites for hydroxylation is 2. The molecular formula is C28H29N2O4P. The van der Waals surface area contributed by atoms with Gasteiger partial charge in [0, 0.05) is 41.2 Å². The molecule has 1 unspecified atom stereocenters. The molecule has 1 amide bonds. The zero-order chi connectivity index (χ0) is 25.2. The van der Waals surface area contributed by atoms with E-state index in [1.807, 2.05) is 19.1 Å². The Morgan fingerprint density at radius 2 is 1.40 bits per heavy atom. The van der Waals surface area contributed by atoms with Gasteiger partial charge in [0.25, 0.3) is 0 Å². The van der Waals surface area contributed by atoms with E-state index < -0.39 is 18.7 Å². The number of benzene rings is 3. The van der Waals surface area contributed by atoms with Crippen LogP contribution in [0, 0.1) is 20.8 Å². The molecule has 0 radical (unpaired) electrons. The molecule has 0 aliphatic carbocycles. The molecule has 35 heavy (non-hydrogen) atoms. The van der Waals surface area contributed by atoms with Crippen LogP contribution in [0.3, 0.4) is 0 Å². The van der Waals surface area contributed by atoms with E-state index in [2.05, 4.69) is 10.6 Å². The Hall–Kier alpha value is -3.34. The van der Waals surface area contributed by atoms with Crippen LogP contribution in [-0.2, 0) is 9.36 Å². The molecule has 1 atom stereocenters. The molecule has 0 spiro atoms. The van der Waals surface area contributed by atoms with Gasteiger partial charge in [-0.1, -0.05) is 66.7 Å². The minimum absolute atomic E-state index is 0.0146. The van der Waals surface area contributed by atoms with Gasteiger partial charge in [-0.25, -0.2) is 0 Å². The fraction of sp³-hybridized carbons (Fsp3) is 0.250. The van der Waals surface area contributed by atoms with Crippen molar-refractivity contribution in [3.8, 4) is 0 Å². The first-order valence-electron chi connectivity index (χ1n) is 11.7. The lowest BCUT2D eigenvalue weighted by molar-refractivity contribution is -0.124. The first kappa shape index (κ1) is 24.8. The molecule has 2 N–H and O–H groups in total. The Bertz CT molecular complexity index is 1290. The number of hydrogen-bond acceptors (Lipinski definition) is 5. The van der Waals surface area contributed by atoms with Gasteiger partial charge in [0.15, 0.2) is 5.78 Å². The molecule has 0 saturated carbocycles. The van der Waals surface area contributed by atoms with Crippen molar-refractivity contribution >= 4 is 35.0 Å². The van der Waals surface area contributed by atoms with Crippen LogP contribution < -0.4 is 21.2 Å². The third-order valence-corrected chi connectivity index (χ3v) is 9.36. The highest BCUT2D eigenvalue weighted by molar-refractivity contribution is 7.93. The monoisotopic (exact) mass is 488 g/mol. The molecule has 1 aliphatic heterocycles. The standard InChI is InChI=1S/C28H29N2O4P/c1-18-16-19(2)26(20(3)25(18)24(31)17-23-27(32)30-15-14-29-23)28(33)35(34,21-10-6-4-7-11-21)22-12-8-5-9-13-22/h4-13,16,23,29H,14-15,17H2,1-3H3,(H,30,32). The van der Waals surface area contributed by atoms with Gasteiger partial charge in [0.05, 0.1) is 6.04 Å². The van der Waals surface area contributed by atoms with Gasteiger partial charge in [0.2, 0.25) is 18.6 Å². The maximum absolute atomic E-state index is 14.6. The zero-order valence-corrected chi connectivity index (χ0v) is 21.0. The Balaban J connectivity index is 1.83. The molecular weight excluding hydrogens is 459 g/mol. The van der Waals surface area contributed by atoms with E-state index in [9.17, 15) is 18.9 Å². The van der Waals surface area contributed by atoms with Crippen LogP contribution in [0.4, 0.5) is 0 Å². The summed E-state index contributed by atoms with van der Waals surface area (Å²) in [6, 6.07) is 18.7. The Kier molecular flexibility index (Phi) is 7.15.